The number of thiazole rings is 1. The first-order valence-electron chi connectivity index (χ1n) is 8.32. The summed E-state index contributed by atoms with van der Waals surface area (Å²) >= 11 is 1.81. The Labute approximate surface area is 132 Å². The van der Waals surface area contributed by atoms with Crippen LogP contribution in [0.3, 0.4) is 0 Å². The van der Waals surface area contributed by atoms with Crippen molar-refractivity contribution in [1.29, 1.82) is 0 Å². The van der Waals surface area contributed by atoms with Crippen molar-refractivity contribution >= 4 is 11.3 Å². The van der Waals surface area contributed by atoms with Crippen LogP contribution in [0.4, 0.5) is 0 Å². The van der Waals surface area contributed by atoms with E-state index in [4.69, 9.17) is 9.72 Å². The van der Waals surface area contributed by atoms with E-state index >= 15 is 0 Å². The molecule has 2 aliphatic rings. The zero-order chi connectivity index (χ0) is 14.9. The minimum atomic E-state index is 0.264. The van der Waals surface area contributed by atoms with Gasteiger partial charge in [-0.2, -0.15) is 0 Å². The van der Waals surface area contributed by atoms with Crippen molar-refractivity contribution in [1.82, 2.24) is 10.3 Å². The van der Waals surface area contributed by atoms with Crippen LogP contribution in [0.2, 0.25) is 0 Å². The first-order chi connectivity index (χ1) is 10.1. The number of nitrogens with zero attached hydrogens (tertiary/aromatic N) is 1. The third kappa shape index (κ3) is 3.66. The van der Waals surface area contributed by atoms with Crippen LogP contribution in [0.1, 0.15) is 43.8 Å². The van der Waals surface area contributed by atoms with Gasteiger partial charge < -0.3 is 10.1 Å². The van der Waals surface area contributed by atoms with Crippen molar-refractivity contribution in [3.8, 4) is 0 Å². The number of ether oxygens (including phenoxy) is 1. The Morgan fingerprint density at radius 1 is 1.48 bits per heavy atom. The van der Waals surface area contributed by atoms with Gasteiger partial charge in [-0.15, -0.1) is 11.3 Å². The molecule has 0 radical (unpaired) electrons. The van der Waals surface area contributed by atoms with Crippen molar-refractivity contribution < 1.29 is 4.74 Å². The third-order valence-corrected chi connectivity index (χ3v) is 5.72. The van der Waals surface area contributed by atoms with Crippen LogP contribution in [0.25, 0.3) is 0 Å². The molecule has 2 fully saturated rings. The number of hydrogen-bond donors (Lipinski definition) is 1. The molecule has 0 amide bonds. The lowest BCUT2D eigenvalue weighted by molar-refractivity contribution is 0.0304. The molecule has 1 saturated heterocycles. The third-order valence-electron chi connectivity index (χ3n) is 4.75. The van der Waals surface area contributed by atoms with Crippen LogP contribution in [-0.2, 0) is 11.2 Å². The van der Waals surface area contributed by atoms with Gasteiger partial charge in [-0.1, -0.05) is 13.8 Å². The van der Waals surface area contributed by atoms with Crippen molar-refractivity contribution in [3.05, 3.63) is 16.1 Å². The molecule has 4 heteroatoms. The highest BCUT2D eigenvalue weighted by atomic mass is 32.1. The fourth-order valence-electron chi connectivity index (χ4n) is 3.58. The van der Waals surface area contributed by atoms with Gasteiger partial charge in [0.25, 0.3) is 0 Å². The summed E-state index contributed by atoms with van der Waals surface area (Å²) in [6.07, 6.45) is 5.41. The van der Waals surface area contributed by atoms with Crippen LogP contribution < -0.4 is 5.32 Å². The van der Waals surface area contributed by atoms with Gasteiger partial charge in [-0.05, 0) is 44.6 Å². The Balaban J connectivity index is 1.73. The maximum Gasteiger partial charge on any atom is 0.0935 e. The van der Waals surface area contributed by atoms with E-state index in [0.717, 1.165) is 37.7 Å². The van der Waals surface area contributed by atoms with Gasteiger partial charge in [-0.25, -0.2) is 4.98 Å². The normalized spacial score (nSPS) is 29.4. The molecular formula is C17H28N2OS. The zero-order valence-corrected chi connectivity index (χ0v) is 14.3. The zero-order valence-electron chi connectivity index (χ0n) is 13.5. The highest BCUT2D eigenvalue weighted by molar-refractivity contribution is 7.09. The average molecular weight is 308 g/mol. The highest BCUT2D eigenvalue weighted by Gasteiger charge is 2.51. The monoisotopic (exact) mass is 308 g/mol. The Morgan fingerprint density at radius 2 is 2.29 bits per heavy atom. The highest BCUT2D eigenvalue weighted by Crippen LogP contribution is 2.49. The summed E-state index contributed by atoms with van der Waals surface area (Å²) in [6.45, 7) is 9.73. The quantitative estimate of drug-likeness (QED) is 0.838. The maximum atomic E-state index is 6.17. The van der Waals surface area contributed by atoms with E-state index in [1.807, 2.05) is 11.3 Å². The van der Waals surface area contributed by atoms with Crippen LogP contribution in [0.5, 0.6) is 0 Å². The fourth-order valence-corrected chi connectivity index (χ4v) is 4.51. The second-order valence-corrected chi connectivity index (χ2v) is 8.27. The minimum absolute atomic E-state index is 0.264. The number of aryl methyl sites for hydroxylation is 1. The van der Waals surface area contributed by atoms with Crippen LogP contribution in [-0.4, -0.2) is 30.8 Å². The molecule has 1 aliphatic heterocycles. The van der Waals surface area contributed by atoms with Gasteiger partial charge in [0, 0.05) is 36.1 Å². The summed E-state index contributed by atoms with van der Waals surface area (Å²) in [5, 5.41) is 7.16. The molecule has 1 aromatic heterocycles. The summed E-state index contributed by atoms with van der Waals surface area (Å²) in [4.78, 5) is 4.71. The second kappa shape index (κ2) is 6.35. The lowest BCUT2D eigenvalue weighted by Crippen LogP contribution is -2.44. The molecule has 1 aromatic rings. The van der Waals surface area contributed by atoms with Crippen LogP contribution in [0.15, 0.2) is 5.38 Å². The largest absolute Gasteiger partial charge is 0.377 e. The predicted molar refractivity (Wildman–Crippen MR) is 87.8 cm³/mol. The molecule has 3 nitrogen and oxygen atoms in total. The van der Waals surface area contributed by atoms with Crippen LogP contribution in [0, 0.1) is 24.2 Å². The predicted octanol–water partition coefficient (Wildman–Crippen LogP) is 3.42. The summed E-state index contributed by atoms with van der Waals surface area (Å²) in [5.41, 5.74) is 1.42. The second-order valence-electron chi connectivity index (χ2n) is 7.33. The van der Waals surface area contributed by atoms with E-state index < -0.39 is 0 Å². The minimum Gasteiger partial charge on any atom is -0.377 e. The SMILES string of the molecule is Cc1csc(CC2(CNCC(C)C)CCOC2C2CC2)n1. The molecule has 2 atom stereocenters. The number of hydrogen-bond acceptors (Lipinski definition) is 4. The summed E-state index contributed by atoms with van der Waals surface area (Å²) in [5.74, 6) is 1.50. The van der Waals surface area contributed by atoms with Crippen molar-refractivity contribution in [2.45, 2.75) is 52.6 Å². The van der Waals surface area contributed by atoms with Gasteiger partial charge in [0.05, 0.1) is 11.1 Å². The van der Waals surface area contributed by atoms with Crippen LogP contribution >= 0.6 is 11.3 Å². The van der Waals surface area contributed by atoms with Crippen molar-refractivity contribution in [2.75, 3.05) is 19.7 Å². The van der Waals surface area contributed by atoms with Gasteiger partial charge in [0.15, 0.2) is 0 Å². The first kappa shape index (κ1) is 15.4. The standard InChI is InChI=1S/C17H28N2OS/c1-12(2)9-18-11-17(8-15-19-13(3)10-21-15)6-7-20-16(17)14-4-5-14/h10,12,14,16,18H,4-9,11H2,1-3H3. The van der Waals surface area contributed by atoms with Crippen molar-refractivity contribution in [3.63, 3.8) is 0 Å². The molecule has 1 saturated carbocycles. The number of rotatable bonds is 7. The van der Waals surface area contributed by atoms with Gasteiger partial charge in [0.1, 0.15) is 0 Å². The average Bonchev–Trinajstić information content (AvgIpc) is 3.06. The molecule has 1 aliphatic carbocycles. The van der Waals surface area contributed by atoms with E-state index in [9.17, 15) is 0 Å². The summed E-state index contributed by atoms with van der Waals surface area (Å²) in [6, 6.07) is 0. The van der Waals surface area contributed by atoms with Crippen molar-refractivity contribution in [2.24, 2.45) is 17.3 Å². The van der Waals surface area contributed by atoms with Gasteiger partial charge >= 0.3 is 0 Å². The van der Waals surface area contributed by atoms with E-state index in [1.165, 1.54) is 24.3 Å². The Morgan fingerprint density at radius 3 is 2.90 bits per heavy atom. The Kier molecular flexibility index (Phi) is 4.67. The molecule has 1 N–H and O–H groups in total. The van der Waals surface area contributed by atoms with Gasteiger partial charge in [-0.3, -0.25) is 0 Å². The molecule has 0 spiro atoms. The first-order valence-corrected chi connectivity index (χ1v) is 9.20. The van der Waals surface area contributed by atoms with E-state index in [0.29, 0.717) is 12.0 Å². The molecule has 118 valence electrons. The lowest BCUT2D eigenvalue weighted by atomic mass is 9.76. The van der Waals surface area contributed by atoms with Gasteiger partial charge in [0.2, 0.25) is 0 Å². The number of aromatic nitrogens is 1. The van der Waals surface area contributed by atoms with E-state index in [-0.39, 0.29) is 5.41 Å². The molecular weight excluding hydrogens is 280 g/mol. The molecule has 3 rings (SSSR count). The summed E-state index contributed by atoms with van der Waals surface area (Å²) < 4.78 is 6.17. The maximum absolute atomic E-state index is 6.17. The molecule has 21 heavy (non-hydrogen) atoms. The molecule has 0 bridgehead atoms. The smallest absolute Gasteiger partial charge is 0.0935 e. The Bertz CT molecular complexity index is 469. The lowest BCUT2D eigenvalue weighted by Gasteiger charge is -2.34. The number of nitrogens with one attached hydrogen (secondary N) is 1. The van der Waals surface area contributed by atoms with E-state index in [2.05, 4.69) is 31.5 Å². The topological polar surface area (TPSA) is 34.1 Å². The van der Waals surface area contributed by atoms with E-state index in [1.54, 1.807) is 0 Å². The molecule has 0 aromatic carbocycles. The summed E-state index contributed by atoms with van der Waals surface area (Å²) in [7, 11) is 0. The Hall–Kier alpha value is -0.450. The fraction of sp³-hybridized carbons (Fsp3) is 0.824. The molecule has 2 heterocycles. The molecule has 2 unspecified atom stereocenters.